The van der Waals surface area contributed by atoms with E-state index >= 15 is 0 Å². The summed E-state index contributed by atoms with van der Waals surface area (Å²) in [6, 6.07) is 0. The SMILES string of the molecule is CCCCC(CC)[CH2][Sn+2][CH2]C(CC)CCCC.CCCCCC(=O)[O-].CCCCCC(=O)[O-]. The van der Waals surface area contributed by atoms with Gasteiger partial charge in [0, 0.05) is 11.9 Å². The molecule has 0 aromatic heterocycles. The van der Waals surface area contributed by atoms with E-state index in [-0.39, 0.29) is 34.0 Å². The van der Waals surface area contributed by atoms with E-state index in [1.165, 1.54) is 51.4 Å². The molecule has 0 aliphatic carbocycles. The van der Waals surface area contributed by atoms with Crippen LogP contribution in [0.5, 0.6) is 0 Å². The predicted molar refractivity (Wildman–Crippen MR) is 140 cm³/mol. The summed E-state index contributed by atoms with van der Waals surface area (Å²) in [5.74, 6) is 0.312. The van der Waals surface area contributed by atoms with Crippen LogP contribution in [-0.2, 0) is 9.59 Å². The van der Waals surface area contributed by atoms with Crippen LogP contribution in [0.4, 0.5) is 0 Å². The summed E-state index contributed by atoms with van der Waals surface area (Å²) in [4.78, 5) is 19.5. The van der Waals surface area contributed by atoms with Crippen molar-refractivity contribution in [1.29, 1.82) is 0 Å². The molecule has 0 fully saturated rings. The van der Waals surface area contributed by atoms with E-state index in [1.807, 2.05) is 13.8 Å². The fourth-order valence-corrected chi connectivity index (χ4v) is 9.04. The first-order valence-electron chi connectivity index (χ1n) is 13.9. The zero-order valence-electron chi connectivity index (χ0n) is 23.0. The minimum Gasteiger partial charge on any atom is -0.550 e. The topological polar surface area (TPSA) is 80.3 Å². The largest absolute Gasteiger partial charge is 0.550 e. The van der Waals surface area contributed by atoms with Gasteiger partial charge in [-0.2, -0.15) is 0 Å². The molecule has 0 aliphatic heterocycles. The van der Waals surface area contributed by atoms with Crippen LogP contribution in [0.3, 0.4) is 0 Å². The maximum Gasteiger partial charge on any atom is 0.0414 e. The molecule has 0 spiro atoms. The van der Waals surface area contributed by atoms with Crippen LogP contribution in [0.15, 0.2) is 0 Å². The number of hydrogen-bond acceptors (Lipinski definition) is 4. The minimum atomic E-state index is -0.932. The second-order valence-electron chi connectivity index (χ2n) is 9.15. The summed E-state index contributed by atoms with van der Waals surface area (Å²) >= 11 is -0.0388. The van der Waals surface area contributed by atoms with Gasteiger partial charge in [-0.1, -0.05) is 39.5 Å². The van der Waals surface area contributed by atoms with Crippen LogP contribution < -0.4 is 10.2 Å². The number of aliphatic carboxylic acids is 2. The van der Waals surface area contributed by atoms with Crippen molar-refractivity contribution in [2.24, 2.45) is 11.8 Å². The average Bonchev–Trinajstić information content (AvgIpc) is 2.79. The Morgan fingerprint density at radius 2 is 0.909 bits per heavy atom. The van der Waals surface area contributed by atoms with E-state index in [9.17, 15) is 19.8 Å². The molecule has 0 radical (unpaired) electrons. The molecule has 0 amide bonds. The zero-order valence-corrected chi connectivity index (χ0v) is 25.9. The fraction of sp³-hybridized carbons (Fsp3) is 0.929. The van der Waals surface area contributed by atoms with Gasteiger partial charge in [0.05, 0.1) is 0 Å². The molecule has 33 heavy (non-hydrogen) atoms. The zero-order chi connectivity index (χ0) is 25.7. The Morgan fingerprint density at radius 1 is 0.576 bits per heavy atom. The molecule has 0 N–H and O–H groups in total. The number of carbonyl (C=O) groups is 2. The van der Waals surface area contributed by atoms with Crippen molar-refractivity contribution in [2.75, 3.05) is 0 Å². The van der Waals surface area contributed by atoms with Gasteiger partial charge < -0.3 is 19.8 Å². The van der Waals surface area contributed by atoms with Crippen molar-refractivity contribution in [2.45, 2.75) is 153 Å². The average molecular weight is 575 g/mol. The molecule has 0 rings (SSSR count). The van der Waals surface area contributed by atoms with Gasteiger partial charge in [-0.3, -0.25) is 0 Å². The maximum absolute atomic E-state index is 9.76. The molecular formula is C28H56O4Sn. The molecule has 0 heterocycles. The molecule has 0 aromatic carbocycles. The molecular weight excluding hydrogens is 519 g/mol. The van der Waals surface area contributed by atoms with E-state index < -0.39 is 11.9 Å². The first-order chi connectivity index (χ1) is 15.8. The summed E-state index contributed by atoms with van der Waals surface area (Å²) in [6.45, 7) is 13.5. The van der Waals surface area contributed by atoms with Crippen LogP contribution >= 0.6 is 0 Å². The second-order valence-corrected chi connectivity index (χ2v) is 12.9. The normalized spacial score (nSPS) is 11.8. The number of carboxylic acid groups (broad SMARTS) is 2. The van der Waals surface area contributed by atoms with E-state index in [0.29, 0.717) is 0 Å². The Labute approximate surface area is 217 Å². The third kappa shape index (κ3) is 36.5. The Hall–Kier alpha value is -0.261. The number of unbranched alkanes of at least 4 members (excludes halogenated alkanes) is 6. The van der Waals surface area contributed by atoms with Gasteiger partial charge in [0.1, 0.15) is 0 Å². The number of hydrogen-bond donors (Lipinski definition) is 0. The van der Waals surface area contributed by atoms with Crippen LogP contribution in [0, 0.1) is 11.8 Å². The van der Waals surface area contributed by atoms with Crippen molar-refractivity contribution < 1.29 is 19.8 Å². The molecule has 0 aliphatic rings. The minimum absolute atomic E-state index is 0.0388. The molecule has 0 aromatic rings. The quantitative estimate of drug-likeness (QED) is 0.121. The van der Waals surface area contributed by atoms with Gasteiger partial charge in [0.15, 0.2) is 0 Å². The molecule has 196 valence electrons. The summed E-state index contributed by atoms with van der Waals surface area (Å²) in [5, 5.41) is 19.5. The van der Waals surface area contributed by atoms with E-state index in [2.05, 4.69) is 27.7 Å². The van der Waals surface area contributed by atoms with Crippen molar-refractivity contribution in [3.8, 4) is 0 Å². The Kier molecular flexibility index (Phi) is 35.9. The van der Waals surface area contributed by atoms with E-state index in [0.717, 1.165) is 50.4 Å². The second kappa shape index (κ2) is 31.7. The Balaban J connectivity index is -0.000000468. The first kappa shape index (κ1) is 37.3. The summed E-state index contributed by atoms with van der Waals surface area (Å²) in [7, 11) is 0. The van der Waals surface area contributed by atoms with Crippen LogP contribution in [0.25, 0.3) is 0 Å². The molecule has 4 nitrogen and oxygen atoms in total. The summed E-state index contributed by atoms with van der Waals surface area (Å²) in [6.07, 6.45) is 17.7. The third-order valence-corrected chi connectivity index (χ3v) is 10.9. The predicted octanol–water partition coefficient (Wildman–Crippen LogP) is 6.59. The monoisotopic (exact) mass is 576 g/mol. The molecule has 2 atom stereocenters. The van der Waals surface area contributed by atoms with Crippen LogP contribution in [0.1, 0.15) is 144 Å². The third-order valence-electron chi connectivity index (χ3n) is 5.92. The Bertz CT molecular complexity index is 365. The number of carbonyl (C=O) groups excluding carboxylic acids is 2. The van der Waals surface area contributed by atoms with E-state index in [4.69, 9.17) is 0 Å². The van der Waals surface area contributed by atoms with Crippen LogP contribution in [-0.4, -0.2) is 33.1 Å². The summed E-state index contributed by atoms with van der Waals surface area (Å²) < 4.78 is 3.31. The van der Waals surface area contributed by atoms with Gasteiger partial charge in [0.2, 0.25) is 0 Å². The van der Waals surface area contributed by atoms with Gasteiger partial charge in [-0.25, -0.2) is 0 Å². The molecule has 0 bridgehead atoms. The smallest absolute Gasteiger partial charge is 0.0414 e. The number of rotatable bonds is 20. The first-order valence-corrected chi connectivity index (χ1v) is 18.0. The van der Waals surface area contributed by atoms with Gasteiger partial charge in [-0.15, -0.1) is 0 Å². The van der Waals surface area contributed by atoms with Gasteiger partial charge in [-0.05, 0) is 25.7 Å². The maximum atomic E-state index is 9.76. The fourth-order valence-electron chi connectivity index (χ4n) is 3.42. The van der Waals surface area contributed by atoms with Crippen molar-refractivity contribution in [3.63, 3.8) is 0 Å². The Morgan fingerprint density at radius 3 is 1.15 bits per heavy atom. The molecule has 5 heteroatoms. The van der Waals surface area contributed by atoms with E-state index in [1.54, 1.807) is 8.87 Å². The summed E-state index contributed by atoms with van der Waals surface area (Å²) in [5.41, 5.74) is 0. The standard InChI is InChI=1S/2C8H17.2C6H12O2.Sn/c2*1-4-6-7-8(3)5-2;2*1-2-3-4-5-6(7)8;/h2*8H,3-7H2,1-2H3;2*2-5H2,1H3,(H,7,8);/q;;;;+2/p-2. The van der Waals surface area contributed by atoms with Gasteiger partial charge in [0.25, 0.3) is 0 Å². The van der Waals surface area contributed by atoms with Crippen molar-refractivity contribution in [1.82, 2.24) is 0 Å². The van der Waals surface area contributed by atoms with Crippen molar-refractivity contribution >= 4 is 33.1 Å². The molecule has 2 unspecified atom stereocenters. The van der Waals surface area contributed by atoms with Gasteiger partial charge >= 0.3 is 121 Å². The number of carboxylic acids is 2. The molecule has 0 saturated carbocycles. The van der Waals surface area contributed by atoms with Crippen molar-refractivity contribution in [3.05, 3.63) is 0 Å². The molecule has 0 saturated heterocycles. The van der Waals surface area contributed by atoms with Crippen LogP contribution in [0.2, 0.25) is 8.87 Å².